The van der Waals surface area contributed by atoms with Crippen LogP contribution in [0.5, 0.6) is 0 Å². The van der Waals surface area contributed by atoms with Crippen molar-refractivity contribution >= 4 is 66.6 Å². The molecule has 0 atom stereocenters. The van der Waals surface area contributed by atoms with Crippen molar-refractivity contribution in [2.45, 2.75) is 6.61 Å². The van der Waals surface area contributed by atoms with Crippen LogP contribution >= 0.6 is 43.5 Å². The molecular formula is C16H16Br2ClN3O3. The zero-order chi connectivity index (χ0) is 18.4. The molecule has 0 unspecified atom stereocenters. The van der Waals surface area contributed by atoms with E-state index >= 15 is 0 Å². The van der Waals surface area contributed by atoms with Crippen LogP contribution < -0.4 is 16.0 Å². The fourth-order valence-corrected chi connectivity index (χ4v) is 3.71. The van der Waals surface area contributed by atoms with Gasteiger partial charge in [-0.2, -0.15) is 0 Å². The number of halogens is 3. The van der Waals surface area contributed by atoms with Crippen molar-refractivity contribution in [2.24, 2.45) is 0 Å². The van der Waals surface area contributed by atoms with Gasteiger partial charge in [0.2, 0.25) is 0 Å². The molecule has 0 heterocycles. The molecule has 2 aromatic carbocycles. The molecule has 25 heavy (non-hydrogen) atoms. The van der Waals surface area contributed by atoms with Crippen LogP contribution in [-0.2, 0) is 6.61 Å². The maximum Gasteiger partial charge on any atom is 0.323 e. The quantitative estimate of drug-likeness (QED) is 0.412. The van der Waals surface area contributed by atoms with Crippen LogP contribution in [0.25, 0.3) is 0 Å². The lowest BCUT2D eigenvalue weighted by molar-refractivity contribution is 0.262. The molecule has 0 radical (unpaired) electrons. The lowest BCUT2D eigenvalue weighted by Gasteiger charge is -2.14. The number of hydrogen-bond donors (Lipinski definition) is 5. The van der Waals surface area contributed by atoms with Gasteiger partial charge in [0.05, 0.1) is 18.9 Å². The molecule has 0 aromatic heterocycles. The first-order valence-corrected chi connectivity index (χ1v) is 9.21. The number of hydrogen-bond acceptors (Lipinski definition) is 4. The largest absolute Gasteiger partial charge is 0.395 e. The van der Waals surface area contributed by atoms with Crippen molar-refractivity contribution in [3.8, 4) is 0 Å². The van der Waals surface area contributed by atoms with E-state index in [1.54, 1.807) is 30.3 Å². The van der Waals surface area contributed by atoms with Crippen molar-refractivity contribution in [1.82, 2.24) is 0 Å². The van der Waals surface area contributed by atoms with E-state index in [0.717, 1.165) is 4.47 Å². The summed E-state index contributed by atoms with van der Waals surface area (Å²) >= 11 is 12.7. The fourth-order valence-electron chi connectivity index (χ4n) is 2.12. The summed E-state index contributed by atoms with van der Waals surface area (Å²) < 4.78 is 1.43. The molecule has 9 heteroatoms. The van der Waals surface area contributed by atoms with Gasteiger partial charge in [-0.25, -0.2) is 4.79 Å². The molecule has 0 bridgehead atoms. The van der Waals surface area contributed by atoms with Gasteiger partial charge in [-0.05, 0) is 30.3 Å². The smallest absolute Gasteiger partial charge is 0.323 e. The summed E-state index contributed by atoms with van der Waals surface area (Å²) in [6, 6.07) is 8.00. The van der Waals surface area contributed by atoms with Crippen LogP contribution in [0.2, 0.25) is 5.02 Å². The molecule has 2 amide bonds. The average Bonchev–Trinajstić information content (AvgIpc) is 2.51. The molecule has 0 spiro atoms. The number of carbonyl (C=O) groups excluding carboxylic acids is 1. The Morgan fingerprint density at radius 2 is 1.76 bits per heavy atom. The molecule has 2 rings (SSSR count). The fraction of sp³-hybridized carbons (Fsp3) is 0.188. The van der Waals surface area contributed by atoms with E-state index in [0.29, 0.717) is 38.7 Å². The SMILES string of the molecule is O=C(Nc1cc(Cl)cc(NCCO)c1)Nc1cc(Br)cc(Br)c1CO. The van der Waals surface area contributed by atoms with Crippen molar-refractivity contribution in [3.63, 3.8) is 0 Å². The molecule has 0 saturated heterocycles. The summed E-state index contributed by atoms with van der Waals surface area (Å²) in [4.78, 5) is 12.3. The van der Waals surface area contributed by atoms with Crippen molar-refractivity contribution in [2.75, 3.05) is 29.1 Å². The third-order valence-electron chi connectivity index (χ3n) is 3.16. The second-order valence-electron chi connectivity index (χ2n) is 5.03. The Balaban J connectivity index is 2.14. The summed E-state index contributed by atoms with van der Waals surface area (Å²) in [5, 5.41) is 27.2. The highest BCUT2D eigenvalue weighted by Crippen LogP contribution is 2.30. The lowest BCUT2D eigenvalue weighted by Crippen LogP contribution is -2.20. The summed E-state index contributed by atoms with van der Waals surface area (Å²) in [5.41, 5.74) is 2.21. The van der Waals surface area contributed by atoms with E-state index in [2.05, 4.69) is 47.8 Å². The maximum absolute atomic E-state index is 12.3. The minimum atomic E-state index is -0.477. The van der Waals surface area contributed by atoms with Gasteiger partial charge in [0.1, 0.15) is 0 Å². The Kier molecular flexibility index (Phi) is 7.52. The van der Waals surface area contributed by atoms with Crippen LogP contribution in [0.4, 0.5) is 21.9 Å². The number of benzene rings is 2. The zero-order valence-electron chi connectivity index (χ0n) is 12.9. The second kappa shape index (κ2) is 9.40. The van der Waals surface area contributed by atoms with E-state index in [1.807, 2.05) is 0 Å². The number of urea groups is 1. The Morgan fingerprint density at radius 3 is 2.44 bits per heavy atom. The minimum Gasteiger partial charge on any atom is -0.395 e. The average molecular weight is 494 g/mol. The summed E-state index contributed by atoms with van der Waals surface area (Å²) in [6.45, 7) is 0.130. The van der Waals surface area contributed by atoms with Crippen LogP contribution in [-0.4, -0.2) is 29.4 Å². The van der Waals surface area contributed by atoms with Crippen LogP contribution in [0, 0.1) is 0 Å². The Morgan fingerprint density at radius 1 is 1.04 bits per heavy atom. The molecule has 0 aliphatic carbocycles. The molecule has 0 aliphatic rings. The summed E-state index contributed by atoms with van der Waals surface area (Å²) in [7, 11) is 0. The number of anilines is 3. The minimum absolute atomic E-state index is 0.0164. The number of amides is 2. The van der Waals surface area contributed by atoms with Gasteiger partial charge in [0.15, 0.2) is 0 Å². The third-order valence-corrected chi connectivity index (χ3v) is 4.55. The summed E-state index contributed by atoms with van der Waals surface area (Å²) in [6.07, 6.45) is 0. The monoisotopic (exact) mass is 491 g/mol. The number of aliphatic hydroxyl groups is 2. The Labute approximate surface area is 166 Å². The maximum atomic E-state index is 12.3. The zero-order valence-corrected chi connectivity index (χ0v) is 16.9. The molecule has 6 nitrogen and oxygen atoms in total. The standard InChI is InChI=1S/C16H16Br2ClN3O3/c17-9-3-14(18)13(8-24)15(4-9)22-16(25)21-12-6-10(19)5-11(7-12)20-1-2-23/h3-7,20,23-24H,1-2,8H2,(H2,21,22,25). The normalized spacial score (nSPS) is 10.4. The Hall–Kier alpha value is -1.32. The van der Waals surface area contributed by atoms with Crippen molar-refractivity contribution in [1.29, 1.82) is 0 Å². The first-order chi connectivity index (χ1) is 11.9. The van der Waals surface area contributed by atoms with E-state index < -0.39 is 6.03 Å². The molecule has 134 valence electrons. The first kappa shape index (κ1) is 20.0. The molecule has 0 saturated carbocycles. The highest BCUT2D eigenvalue weighted by atomic mass is 79.9. The molecule has 2 aromatic rings. The molecule has 5 N–H and O–H groups in total. The third kappa shape index (κ3) is 5.86. The van der Waals surface area contributed by atoms with Gasteiger partial charge in [0, 0.05) is 37.5 Å². The number of aliphatic hydroxyl groups excluding tert-OH is 2. The van der Waals surface area contributed by atoms with Crippen LogP contribution in [0.15, 0.2) is 39.3 Å². The van der Waals surface area contributed by atoms with Gasteiger partial charge >= 0.3 is 6.03 Å². The lowest BCUT2D eigenvalue weighted by atomic mass is 10.2. The van der Waals surface area contributed by atoms with Gasteiger partial charge < -0.3 is 26.2 Å². The van der Waals surface area contributed by atoms with E-state index in [-0.39, 0.29) is 13.2 Å². The molecule has 0 aliphatic heterocycles. The number of carbonyl (C=O) groups is 1. The highest BCUT2D eigenvalue weighted by molar-refractivity contribution is 9.11. The topological polar surface area (TPSA) is 93.6 Å². The van der Waals surface area contributed by atoms with E-state index in [1.165, 1.54) is 0 Å². The predicted octanol–water partition coefficient (Wildman–Crippen LogP) is 4.41. The van der Waals surface area contributed by atoms with Crippen LogP contribution in [0.3, 0.4) is 0 Å². The highest BCUT2D eigenvalue weighted by Gasteiger charge is 2.12. The predicted molar refractivity (Wildman–Crippen MR) is 107 cm³/mol. The Bertz CT molecular complexity index is 775. The number of nitrogens with one attached hydrogen (secondary N) is 3. The number of rotatable bonds is 6. The van der Waals surface area contributed by atoms with Crippen molar-refractivity contribution < 1.29 is 15.0 Å². The summed E-state index contributed by atoms with van der Waals surface area (Å²) in [5.74, 6) is 0. The van der Waals surface area contributed by atoms with Gasteiger partial charge in [-0.3, -0.25) is 0 Å². The van der Waals surface area contributed by atoms with Crippen molar-refractivity contribution in [3.05, 3.63) is 49.9 Å². The van der Waals surface area contributed by atoms with E-state index in [4.69, 9.17) is 16.7 Å². The first-order valence-electron chi connectivity index (χ1n) is 7.25. The molecular weight excluding hydrogens is 477 g/mol. The second-order valence-corrected chi connectivity index (χ2v) is 7.24. The van der Waals surface area contributed by atoms with Gasteiger partial charge in [-0.1, -0.05) is 43.5 Å². The van der Waals surface area contributed by atoms with Gasteiger partial charge in [-0.15, -0.1) is 0 Å². The molecule has 0 fully saturated rings. The van der Waals surface area contributed by atoms with Gasteiger partial charge in [0.25, 0.3) is 0 Å². The van der Waals surface area contributed by atoms with Crippen LogP contribution in [0.1, 0.15) is 5.56 Å². The van der Waals surface area contributed by atoms with E-state index in [9.17, 15) is 9.90 Å².